The molecule has 0 N–H and O–H groups in total. The van der Waals surface area contributed by atoms with Gasteiger partial charge in [0.25, 0.3) is 0 Å². The van der Waals surface area contributed by atoms with E-state index in [0.717, 1.165) is 12.8 Å². The molecule has 2 unspecified atom stereocenters. The van der Waals surface area contributed by atoms with E-state index in [-0.39, 0.29) is 12.1 Å². The molecule has 0 aromatic carbocycles. The Hall–Kier alpha value is -0.920. The van der Waals surface area contributed by atoms with Crippen molar-refractivity contribution in [2.45, 2.75) is 56.0 Å². The van der Waals surface area contributed by atoms with Crippen molar-refractivity contribution < 1.29 is 31.5 Å². The van der Waals surface area contributed by atoms with Crippen LogP contribution in [-0.4, -0.2) is 48.2 Å². The van der Waals surface area contributed by atoms with Gasteiger partial charge in [0.15, 0.2) is 0 Å². The summed E-state index contributed by atoms with van der Waals surface area (Å²) in [5, 5.41) is 0. The van der Waals surface area contributed by atoms with Crippen molar-refractivity contribution in [1.29, 1.82) is 0 Å². The van der Waals surface area contributed by atoms with Crippen molar-refractivity contribution in [2.75, 3.05) is 7.05 Å². The Labute approximate surface area is 106 Å². The highest BCUT2D eigenvalue weighted by Crippen LogP contribution is 2.39. The third kappa shape index (κ3) is 2.54. The van der Waals surface area contributed by atoms with E-state index in [1.165, 1.54) is 0 Å². The van der Waals surface area contributed by atoms with E-state index >= 15 is 0 Å². The maximum atomic E-state index is 12.8. The molecule has 2 aliphatic heterocycles. The quantitative estimate of drug-likeness (QED) is 0.577. The van der Waals surface area contributed by atoms with Gasteiger partial charge in [-0.15, -0.1) is 0 Å². The lowest BCUT2D eigenvalue weighted by Gasteiger charge is -2.36. The minimum atomic E-state index is -5.91. The van der Waals surface area contributed by atoms with E-state index in [4.69, 9.17) is 0 Å². The molecule has 2 rings (SSSR count). The van der Waals surface area contributed by atoms with Gasteiger partial charge in [0.05, 0.1) is 0 Å². The number of esters is 1. The first-order valence-corrected chi connectivity index (χ1v) is 6.00. The zero-order valence-electron chi connectivity index (χ0n) is 10.2. The summed E-state index contributed by atoms with van der Waals surface area (Å²) < 4.78 is 65.9. The smallest absolute Gasteiger partial charge is 0.458 e. The fraction of sp³-hybridized carbons (Fsp3) is 0.909. The van der Waals surface area contributed by atoms with E-state index in [0.29, 0.717) is 12.8 Å². The maximum absolute atomic E-state index is 12.8. The molecule has 2 heterocycles. The standard InChI is InChI=1S/C11H14F5NO2/c1-17-6-2-3-7(17)5-8(4-6)19-9(18)10(12,13)11(14,15)16/h6-8H,2-5H2,1H3. The largest absolute Gasteiger partial charge is 0.465 e. The van der Waals surface area contributed by atoms with Crippen LogP contribution in [0, 0.1) is 0 Å². The molecular formula is C11H14F5NO2. The predicted molar refractivity (Wildman–Crippen MR) is 54.7 cm³/mol. The SMILES string of the molecule is CN1C2CCC1CC(OC(=O)C(F)(F)C(F)(F)F)C2. The summed E-state index contributed by atoms with van der Waals surface area (Å²) >= 11 is 0. The van der Waals surface area contributed by atoms with Crippen LogP contribution in [-0.2, 0) is 9.53 Å². The molecule has 2 fully saturated rings. The van der Waals surface area contributed by atoms with Crippen LogP contribution < -0.4 is 0 Å². The van der Waals surface area contributed by atoms with E-state index in [1.54, 1.807) is 0 Å². The van der Waals surface area contributed by atoms with Gasteiger partial charge in [-0.05, 0) is 32.7 Å². The predicted octanol–water partition coefficient (Wildman–Crippen LogP) is 2.35. The lowest BCUT2D eigenvalue weighted by Crippen LogP contribution is -2.49. The molecule has 0 amide bonds. The number of carbonyl (C=O) groups excluding carboxylic acids is 1. The average Bonchev–Trinajstić information content (AvgIpc) is 2.50. The Morgan fingerprint density at radius 1 is 1.11 bits per heavy atom. The van der Waals surface area contributed by atoms with Gasteiger partial charge in [-0.2, -0.15) is 22.0 Å². The zero-order chi connectivity index (χ0) is 14.4. The molecule has 3 nitrogen and oxygen atoms in total. The number of carbonyl (C=O) groups is 1. The molecule has 0 aromatic rings. The van der Waals surface area contributed by atoms with Crippen molar-refractivity contribution in [3.63, 3.8) is 0 Å². The zero-order valence-corrected chi connectivity index (χ0v) is 10.2. The van der Waals surface area contributed by atoms with Gasteiger partial charge < -0.3 is 9.64 Å². The minimum Gasteiger partial charge on any atom is -0.458 e. The van der Waals surface area contributed by atoms with E-state index < -0.39 is 24.2 Å². The molecule has 0 spiro atoms. The summed E-state index contributed by atoms with van der Waals surface area (Å²) in [6.07, 6.45) is -4.43. The number of alkyl halides is 5. The van der Waals surface area contributed by atoms with Crippen LogP contribution in [0.15, 0.2) is 0 Å². The van der Waals surface area contributed by atoms with Gasteiger partial charge in [-0.3, -0.25) is 0 Å². The molecule has 8 heteroatoms. The third-order valence-electron chi connectivity index (χ3n) is 3.94. The van der Waals surface area contributed by atoms with Crippen molar-refractivity contribution in [3.05, 3.63) is 0 Å². The van der Waals surface area contributed by atoms with Gasteiger partial charge in [0.2, 0.25) is 0 Å². The lowest BCUT2D eigenvalue weighted by atomic mass is 10.0. The molecule has 2 saturated heterocycles. The van der Waals surface area contributed by atoms with Gasteiger partial charge in [0, 0.05) is 12.1 Å². The number of halogens is 5. The van der Waals surface area contributed by atoms with Crippen molar-refractivity contribution in [1.82, 2.24) is 4.90 Å². The number of ether oxygens (including phenoxy) is 1. The molecule has 0 saturated carbocycles. The van der Waals surface area contributed by atoms with Crippen LogP contribution in [0.25, 0.3) is 0 Å². The molecule has 0 aliphatic carbocycles. The van der Waals surface area contributed by atoms with Crippen LogP contribution >= 0.6 is 0 Å². The highest BCUT2D eigenvalue weighted by atomic mass is 19.4. The summed E-state index contributed by atoms with van der Waals surface area (Å²) in [5.41, 5.74) is 0. The van der Waals surface area contributed by atoms with E-state index in [1.807, 2.05) is 7.05 Å². The normalized spacial score (nSPS) is 32.4. The molecule has 0 radical (unpaired) electrons. The van der Waals surface area contributed by atoms with Gasteiger partial charge in [-0.1, -0.05) is 0 Å². The first-order valence-electron chi connectivity index (χ1n) is 6.00. The van der Waals surface area contributed by atoms with E-state index in [9.17, 15) is 26.7 Å². The molecule has 19 heavy (non-hydrogen) atoms. The highest BCUT2D eigenvalue weighted by molar-refractivity contribution is 5.78. The molecule has 0 aromatic heterocycles. The Balaban J connectivity index is 1.98. The number of rotatable bonds is 2. The monoisotopic (exact) mass is 287 g/mol. The first-order chi connectivity index (χ1) is 8.63. The van der Waals surface area contributed by atoms with Crippen LogP contribution in [0.3, 0.4) is 0 Å². The Kier molecular flexibility index (Phi) is 3.49. The fourth-order valence-electron chi connectivity index (χ4n) is 2.80. The summed E-state index contributed by atoms with van der Waals surface area (Å²) in [5.74, 6) is -7.93. The first kappa shape index (κ1) is 14.5. The Morgan fingerprint density at radius 2 is 1.58 bits per heavy atom. The fourth-order valence-corrected chi connectivity index (χ4v) is 2.80. The summed E-state index contributed by atoms with van der Waals surface area (Å²) in [6, 6.07) is 0.187. The van der Waals surface area contributed by atoms with Crippen molar-refractivity contribution >= 4 is 5.97 Å². The second-order valence-corrected chi connectivity index (χ2v) is 5.12. The molecule has 2 bridgehead atoms. The van der Waals surface area contributed by atoms with Crippen molar-refractivity contribution in [3.8, 4) is 0 Å². The Bertz CT molecular complexity index is 357. The second kappa shape index (κ2) is 4.57. The maximum Gasteiger partial charge on any atom is 0.465 e. The van der Waals surface area contributed by atoms with Crippen LogP contribution in [0.2, 0.25) is 0 Å². The van der Waals surface area contributed by atoms with Gasteiger partial charge in [0.1, 0.15) is 6.10 Å². The lowest BCUT2D eigenvalue weighted by molar-refractivity contribution is -0.283. The highest BCUT2D eigenvalue weighted by Gasteiger charge is 2.65. The number of piperidine rings is 1. The van der Waals surface area contributed by atoms with E-state index in [2.05, 4.69) is 9.64 Å². The molecular weight excluding hydrogens is 273 g/mol. The second-order valence-electron chi connectivity index (χ2n) is 5.12. The van der Waals surface area contributed by atoms with Crippen LogP contribution in [0.4, 0.5) is 22.0 Å². The number of hydrogen-bond donors (Lipinski definition) is 0. The average molecular weight is 287 g/mol. The molecule has 2 aliphatic rings. The summed E-state index contributed by atoms with van der Waals surface area (Å²) in [6.45, 7) is 0. The van der Waals surface area contributed by atoms with Crippen molar-refractivity contribution in [2.24, 2.45) is 0 Å². The van der Waals surface area contributed by atoms with Crippen LogP contribution in [0.5, 0.6) is 0 Å². The summed E-state index contributed by atoms with van der Waals surface area (Å²) in [7, 11) is 1.88. The third-order valence-corrected chi connectivity index (χ3v) is 3.94. The van der Waals surface area contributed by atoms with Gasteiger partial charge in [-0.25, -0.2) is 4.79 Å². The van der Waals surface area contributed by atoms with Crippen LogP contribution in [0.1, 0.15) is 25.7 Å². The number of hydrogen-bond acceptors (Lipinski definition) is 3. The topological polar surface area (TPSA) is 29.5 Å². The summed E-state index contributed by atoms with van der Waals surface area (Å²) in [4.78, 5) is 13.1. The van der Waals surface area contributed by atoms with Gasteiger partial charge >= 0.3 is 18.1 Å². The number of nitrogens with zero attached hydrogens (tertiary/aromatic N) is 1. The molecule has 2 atom stereocenters. The molecule has 110 valence electrons. The number of fused-ring (bicyclic) bond motifs is 2. The minimum absolute atomic E-state index is 0.0936. The Morgan fingerprint density at radius 3 is 2.00 bits per heavy atom.